The molecule has 0 aliphatic carbocycles. The number of furan rings is 1. The predicted octanol–water partition coefficient (Wildman–Crippen LogP) is 2.74. The Kier molecular flexibility index (Phi) is 3.40. The number of rotatable bonds is 3. The lowest BCUT2D eigenvalue weighted by Crippen LogP contribution is -2.21. The van der Waals surface area contributed by atoms with E-state index in [0.717, 1.165) is 9.88 Å². The molecule has 4 nitrogen and oxygen atoms in total. The molecule has 84 valence electrons. The minimum atomic E-state index is -0.225. The summed E-state index contributed by atoms with van der Waals surface area (Å²) in [6, 6.07) is 3.31. The fraction of sp³-hybridized carbons (Fsp3) is 0.200. The molecule has 1 amide bonds. The first-order valence-electron chi connectivity index (χ1n) is 4.60. The molecule has 0 atom stereocenters. The second-order valence-electron chi connectivity index (χ2n) is 3.13. The molecular weight excluding hydrogens is 292 g/mol. The number of nitrogens with zero attached hydrogens (tertiary/aromatic N) is 1. The highest BCUT2D eigenvalue weighted by atomic mass is 79.9. The lowest BCUT2D eigenvalue weighted by Gasteiger charge is -1.99. The quantitative estimate of drug-likeness (QED) is 0.948. The van der Waals surface area contributed by atoms with Gasteiger partial charge in [-0.05, 0) is 35.0 Å². The van der Waals surface area contributed by atoms with Crippen LogP contribution in [-0.4, -0.2) is 10.9 Å². The largest absolute Gasteiger partial charge is 0.444 e. The fourth-order valence-corrected chi connectivity index (χ4v) is 2.22. The van der Waals surface area contributed by atoms with Crippen LogP contribution in [0.25, 0.3) is 0 Å². The van der Waals surface area contributed by atoms with Crippen LogP contribution in [-0.2, 0) is 6.54 Å². The van der Waals surface area contributed by atoms with E-state index in [1.807, 2.05) is 6.92 Å². The summed E-state index contributed by atoms with van der Waals surface area (Å²) in [7, 11) is 0. The van der Waals surface area contributed by atoms with E-state index in [9.17, 15) is 4.79 Å². The van der Waals surface area contributed by atoms with Crippen LogP contribution in [0.2, 0.25) is 0 Å². The third kappa shape index (κ3) is 2.70. The summed E-state index contributed by atoms with van der Waals surface area (Å²) in [4.78, 5) is 16.7. The number of aryl methyl sites for hydroxylation is 1. The monoisotopic (exact) mass is 300 g/mol. The summed E-state index contributed by atoms with van der Waals surface area (Å²) in [5.41, 5.74) is 0. The van der Waals surface area contributed by atoms with Crippen LogP contribution in [0.4, 0.5) is 0 Å². The van der Waals surface area contributed by atoms with Gasteiger partial charge in [-0.15, -0.1) is 11.3 Å². The Morgan fingerprint density at radius 3 is 3.00 bits per heavy atom. The summed E-state index contributed by atoms with van der Waals surface area (Å²) in [5.74, 6) is 0.0739. The van der Waals surface area contributed by atoms with Gasteiger partial charge in [-0.3, -0.25) is 4.79 Å². The Labute approximate surface area is 105 Å². The molecule has 0 aliphatic heterocycles. The normalized spacial score (nSPS) is 10.4. The number of nitrogens with one attached hydrogen (secondary N) is 1. The molecule has 0 radical (unpaired) electrons. The molecule has 2 aromatic heterocycles. The number of thiazole rings is 1. The predicted molar refractivity (Wildman–Crippen MR) is 64.4 cm³/mol. The van der Waals surface area contributed by atoms with Crippen molar-refractivity contribution in [1.82, 2.24) is 10.3 Å². The van der Waals surface area contributed by atoms with Gasteiger partial charge in [0.25, 0.3) is 5.91 Å². The van der Waals surface area contributed by atoms with Gasteiger partial charge in [0.15, 0.2) is 10.4 Å². The molecule has 16 heavy (non-hydrogen) atoms. The van der Waals surface area contributed by atoms with Gasteiger partial charge in [0.2, 0.25) is 0 Å². The van der Waals surface area contributed by atoms with Crippen molar-refractivity contribution in [1.29, 1.82) is 0 Å². The highest BCUT2D eigenvalue weighted by Crippen LogP contribution is 2.14. The van der Waals surface area contributed by atoms with Crippen molar-refractivity contribution >= 4 is 33.2 Å². The van der Waals surface area contributed by atoms with Crippen molar-refractivity contribution < 1.29 is 9.21 Å². The maximum Gasteiger partial charge on any atom is 0.287 e. The van der Waals surface area contributed by atoms with Gasteiger partial charge in [0, 0.05) is 11.1 Å². The fourth-order valence-electron chi connectivity index (χ4n) is 1.18. The van der Waals surface area contributed by atoms with Crippen molar-refractivity contribution in [2.45, 2.75) is 13.5 Å². The zero-order valence-electron chi connectivity index (χ0n) is 8.49. The number of aromatic nitrogens is 1. The topological polar surface area (TPSA) is 55.1 Å². The second-order valence-corrected chi connectivity index (χ2v) is 5.23. The van der Waals surface area contributed by atoms with Gasteiger partial charge in [0.1, 0.15) is 0 Å². The van der Waals surface area contributed by atoms with E-state index in [-0.39, 0.29) is 5.91 Å². The van der Waals surface area contributed by atoms with Crippen LogP contribution in [0, 0.1) is 6.92 Å². The molecule has 2 aromatic rings. The first-order valence-corrected chi connectivity index (χ1v) is 6.21. The van der Waals surface area contributed by atoms with Crippen LogP contribution < -0.4 is 5.32 Å². The summed E-state index contributed by atoms with van der Waals surface area (Å²) in [6.07, 6.45) is 1.76. The van der Waals surface area contributed by atoms with E-state index in [4.69, 9.17) is 4.42 Å². The summed E-state index contributed by atoms with van der Waals surface area (Å²) >= 11 is 4.71. The molecule has 0 bridgehead atoms. The Bertz CT molecular complexity index is 506. The molecular formula is C10H9BrN2O2S. The standard InChI is InChI=1S/C10H9BrN2O2S/c1-6-12-4-7(16-6)5-13-10(14)8-2-3-9(11)15-8/h2-4H,5H2,1H3,(H,13,14). The molecule has 0 aromatic carbocycles. The number of amides is 1. The number of carbonyl (C=O) groups is 1. The first kappa shape index (κ1) is 11.3. The average Bonchev–Trinajstić information content (AvgIpc) is 2.84. The number of carbonyl (C=O) groups excluding carboxylic acids is 1. The van der Waals surface area contributed by atoms with E-state index in [0.29, 0.717) is 17.0 Å². The Morgan fingerprint density at radius 2 is 2.44 bits per heavy atom. The molecule has 2 rings (SSSR count). The van der Waals surface area contributed by atoms with Crippen molar-refractivity contribution in [3.63, 3.8) is 0 Å². The van der Waals surface area contributed by atoms with E-state index >= 15 is 0 Å². The number of hydrogen-bond acceptors (Lipinski definition) is 4. The van der Waals surface area contributed by atoms with Gasteiger partial charge < -0.3 is 9.73 Å². The third-order valence-electron chi connectivity index (χ3n) is 1.89. The van der Waals surface area contributed by atoms with Gasteiger partial charge >= 0.3 is 0 Å². The Balaban J connectivity index is 1.93. The van der Waals surface area contributed by atoms with E-state index in [2.05, 4.69) is 26.2 Å². The molecule has 0 aliphatic rings. The summed E-state index contributed by atoms with van der Waals surface area (Å²) < 4.78 is 5.68. The van der Waals surface area contributed by atoms with Crippen molar-refractivity contribution in [3.05, 3.63) is 38.6 Å². The second kappa shape index (κ2) is 4.80. The minimum Gasteiger partial charge on any atom is -0.444 e. The highest BCUT2D eigenvalue weighted by Gasteiger charge is 2.10. The van der Waals surface area contributed by atoms with Crippen LogP contribution in [0.3, 0.4) is 0 Å². The Morgan fingerprint density at radius 1 is 1.62 bits per heavy atom. The lowest BCUT2D eigenvalue weighted by molar-refractivity contribution is 0.0922. The van der Waals surface area contributed by atoms with Gasteiger partial charge in [-0.2, -0.15) is 0 Å². The third-order valence-corrected chi connectivity index (χ3v) is 3.23. The summed E-state index contributed by atoms with van der Waals surface area (Å²) in [6.45, 7) is 2.41. The van der Waals surface area contributed by atoms with Gasteiger partial charge in [0.05, 0.1) is 11.6 Å². The van der Waals surface area contributed by atoms with Crippen molar-refractivity contribution in [2.75, 3.05) is 0 Å². The maximum atomic E-state index is 11.6. The maximum absolute atomic E-state index is 11.6. The van der Waals surface area contributed by atoms with E-state index in [1.165, 1.54) is 0 Å². The smallest absolute Gasteiger partial charge is 0.287 e. The van der Waals surface area contributed by atoms with Gasteiger partial charge in [-0.25, -0.2) is 4.98 Å². The molecule has 0 unspecified atom stereocenters. The van der Waals surface area contributed by atoms with E-state index < -0.39 is 0 Å². The lowest BCUT2D eigenvalue weighted by atomic mass is 10.4. The molecule has 1 N–H and O–H groups in total. The molecule has 6 heteroatoms. The average molecular weight is 301 g/mol. The van der Waals surface area contributed by atoms with Crippen LogP contribution in [0.5, 0.6) is 0 Å². The van der Waals surface area contributed by atoms with Crippen LogP contribution >= 0.6 is 27.3 Å². The molecule has 2 heterocycles. The van der Waals surface area contributed by atoms with Gasteiger partial charge in [-0.1, -0.05) is 0 Å². The highest BCUT2D eigenvalue weighted by molar-refractivity contribution is 9.10. The van der Waals surface area contributed by atoms with E-state index in [1.54, 1.807) is 29.7 Å². The summed E-state index contributed by atoms with van der Waals surface area (Å²) in [5, 5.41) is 3.75. The molecule has 0 fully saturated rings. The number of hydrogen-bond donors (Lipinski definition) is 1. The Hall–Kier alpha value is -1.14. The zero-order valence-corrected chi connectivity index (χ0v) is 10.9. The SMILES string of the molecule is Cc1ncc(CNC(=O)c2ccc(Br)o2)s1. The van der Waals surface area contributed by atoms with Crippen LogP contribution in [0.15, 0.2) is 27.4 Å². The van der Waals surface area contributed by atoms with Crippen molar-refractivity contribution in [2.24, 2.45) is 0 Å². The molecule has 0 saturated carbocycles. The first-order chi connectivity index (χ1) is 7.65. The van der Waals surface area contributed by atoms with Crippen LogP contribution in [0.1, 0.15) is 20.4 Å². The zero-order chi connectivity index (χ0) is 11.5. The molecule has 0 spiro atoms. The number of halogens is 1. The van der Waals surface area contributed by atoms with Crippen molar-refractivity contribution in [3.8, 4) is 0 Å². The minimum absolute atomic E-state index is 0.225. The molecule has 0 saturated heterocycles.